The van der Waals surface area contributed by atoms with Crippen LogP contribution in [0.5, 0.6) is 0 Å². The van der Waals surface area contributed by atoms with Gasteiger partial charge in [-0.3, -0.25) is 0 Å². The number of rotatable bonds is 1. The minimum atomic E-state index is -0.699. The topological polar surface area (TPSA) is 32.3 Å². The van der Waals surface area contributed by atoms with Crippen LogP contribution in [-0.4, -0.2) is 18.2 Å². The molecule has 3 heteroatoms. The molecule has 2 N–H and O–H groups in total. The van der Waals surface area contributed by atoms with Gasteiger partial charge in [0.2, 0.25) is 0 Å². The summed E-state index contributed by atoms with van der Waals surface area (Å²) in [6.45, 7) is 2.08. The lowest BCUT2D eigenvalue weighted by Gasteiger charge is -2.25. The summed E-state index contributed by atoms with van der Waals surface area (Å²) in [5.41, 5.74) is 0.210. The molecular formula is C13H16ClNO. The zero-order valence-electron chi connectivity index (χ0n) is 9.12. The van der Waals surface area contributed by atoms with Gasteiger partial charge in [-0.2, -0.15) is 0 Å². The second kappa shape index (κ2) is 3.73. The van der Waals surface area contributed by atoms with E-state index in [2.05, 4.69) is 5.32 Å². The van der Waals surface area contributed by atoms with Gasteiger partial charge >= 0.3 is 0 Å². The van der Waals surface area contributed by atoms with Crippen LogP contribution in [0, 0.1) is 11.8 Å². The molecule has 1 aliphatic carbocycles. The van der Waals surface area contributed by atoms with Crippen molar-refractivity contribution in [2.75, 3.05) is 13.1 Å². The lowest BCUT2D eigenvalue weighted by molar-refractivity contribution is 0.0360. The average molecular weight is 238 g/mol. The van der Waals surface area contributed by atoms with Crippen LogP contribution in [0.3, 0.4) is 0 Å². The molecular weight excluding hydrogens is 222 g/mol. The number of aliphatic hydroxyl groups is 1. The summed E-state index contributed by atoms with van der Waals surface area (Å²) in [6, 6.07) is 7.68. The molecule has 1 saturated carbocycles. The Morgan fingerprint density at radius 3 is 2.44 bits per heavy atom. The molecule has 2 aliphatic rings. The van der Waals surface area contributed by atoms with Gasteiger partial charge in [-0.05, 0) is 43.8 Å². The van der Waals surface area contributed by atoms with Crippen molar-refractivity contribution in [3.63, 3.8) is 0 Å². The Kier molecular flexibility index (Phi) is 2.46. The van der Waals surface area contributed by atoms with Gasteiger partial charge < -0.3 is 10.4 Å². The van der Waals surface area contributed by atoms with Crippen molar-refractivity contribution in [2.45, 2.75) is 18.4 Å². The van der Waals surface area contributed by atoms with Crippen molar-refractivity contribution in [3.05, 3.63) is 34.9 Å². The molecule has 1 aromatic rings. The quantitative estimate of drug-likeness (QED) is 0.785. The van der Waals surface area contributed by atoms with Gasteiger partial charge in [0.05, 0.1) is 5.60 Å². The average Bonchev–Trinajstić information content (AvgIpc) is 2.76. The first kappa shape index (κ1) is 10.6. The lowest BCUT2D eigenvalue weighted by Crippen LogP contribution is -2.25. The number of nitrogens with one attached hydrogen (secondary N) is 1. The third-order valence-corrected chi connectivity index (χ3v) is 4.38. The van der Waals surface area contributed by atoms with E-state index in [0.717, 1.165) is 31.5 Å². The van der Waals surface area contributed by atoms with E-state index in [1.54, 1.807) is 0 Å². The van der Waals surface area contributed by atoms with Crippen LogP contribution < -0.4 is 5.32 Å². The Morgan fingerprint density at radius 2 is 1.81 bits per heavy atom. The molecule has 0 bridgehead atoms. The zero-order chi connectivity index (χ0) is 11.2. The monoisotopic (exact) mass is 237 g/mol. The van der Waals surface area contributed by atoms with Crippen molar-refractivity contribution >= 4 is 11.6 Å². The summed E-state index contributed by atoms with van der Waals surface area (Å²) in [5, 5.41) is 14.8. The van der Waals surface area contributed by atoms with Crippen molar-refractivity contribution < 1.29 is 5.11 Å². The highest BCUT2D eigenvalue weighted by Crippen LogP contribution is 2.48. The number of fused-ring (bicyclic) bond motifs is 1. The smallest absolute Gasteiger partial charge is 0.0917 e. The first-order chi connectivity index (χ1) is 7.69. The van der Waals surface area contributed by atoms with Crippen molar-refractivity contribution in [3.8, 4) is 0 Å². The van der Waals surface area contributed by atoms with E-state index in [9.17, 15) is 5.11 Å². The van der Waals surface area contributed by atoms with Gasteiger partial charge in [0, 0.05) is 10.6 Å². The third kappa shape index (κ3) is 1.56. The lowest BCUT2D eigenvalue weighted by atomic mass is 9.90. The molecule has 0 amide bonds. The van der Waals surface area contributed by atoms with Gasteiger partial charge in [0.25, 0.3) is 0 Å². The first-order valence-corrected chi connectivity index (χ1v) is 6.25. The molecule has 1 heterocycles. The summed E-state index contributed by atoms with van der Waals surface area (Å²) >= 11 is 6.17. The van der Waals surface area contributed by atoms with E-state index < -0.39 is 5.60 Å². The summed E-state index contributed by atoms with van der Waals surface area (Å²) in [7, 11) is 0. The predicted molar refractivity (Wildman–Crippen MR) is 64.4 cm³/mol. The van der Waals surface area contributed by atoms with Crippen LogP contribution in [-0.2, 0) is 5.60 Å². The zero-order valence-corrected chi connectivity index (χ0v) is 9.87. The molecule has 0 spiro atoms. The minimum Gasteiger partial charge on any atom is -0.385 e. The summed E-state index contributed by atoms with van der Waals surface area (Å²) in [4.78, 5) is 0. The second-order valence-electron chi connectivity index (χ2n) is 5.10. The molecule has 0 radical (unpaired) electrons. The molecule has 2 fully saturated rings. The maximum atomic E-state index is 10.7. The van der Waals surface area contributed by atoms with Crippen molar-refractivity contribution in [1.82, 2.24) is 5.32 Å². The Bertz CT molecular complexity index is 395. The van der Waals surface area contributed by atoms with Gasteiger partial charge in [0.1, 0.15) is 0 Å². The SMILES string of the molecule is OC1(c2ccccc2Cl)CC2CNCC2C1. The summed E-state index contributed by atoms with van der Waals surface area (Å²) in [6.07, 6.45) is 1.68. The van der Waals surface area contributed by atoms with E-state index in [-0.39, 0.29) is 0 Å². The second-order valence-corrected chi connectivity index (χ2v) is 5.51. The molecule has 2 atom stereocenters. The van der Waals surface area contributed by atoms with Crippen LogP contribution in [0.2, 0.25) is 5.02 Å². The van der Waals surface area contributed by atoms with E-state index in [0.29, 0.717) is 16.9 Å². The molecule has 16 heavy (non-hydrogen) atoms. The summed E-state index contributed by atoms with van der Waals surface area (Å²) in [5.74, 6) is 1.22. The standard InChI is InChI=1S/C13H16ClNO/c14-12-4-2-1-3-11(12)13(16)5-9-7-15-8-10(9)6-13/h1-4,9-10,15-16H,5-8H2. The van der Waals surface area contributed by atoms with E-state index in [1.807, 2.05) is 24.3 Å². The highest BCUT2D eigenvalue weighted by molar-refractivity contribution is 6.31. The molecule has 0 aromatic heterocycles. The molecule has 3 rings (SSSR count). The van der Waals surface area contributed by atoms with Gasteiger partial charge in [0.15, 0.2) is 0 Å². The van der Waals surface area contributed by atoms with E-state index in [4.69, 9.17) is 11.6 Å². The van der Waals surface area contributed by atoms with E-state index >= 15 is 0 Å². The molecule has 2 unspecified atom stereocenters. The number of benzene rings is 1. The molecule has 1 aliphatic heterocycles. The van der Waals surface area contributed by atoms with Gasteiger partial charge in [-0.1, -0.05) is 29.8 Å². The van der Waals surface area contributed by atoms with E-state index in [1.165, 1.54) is 0 Å². The van der Waals surface area contributed by atoms with Crippen LogP contribution >= 0.6 is 11.6 Å². The number of hydrogen-bond acceptors (Lipinski definition) is 2. The molecule has 2 nitrogen and oxygen atoms in total. The highest BCUT2D eigenvalue weighted by Gasteiger charge is 2.47. The fraction of sp³-hybridized carbons (Fsp3) is 0.538. The fourth-order valence-electron chi connectivity index (χ4n) is 3.27. The van der Waals surface area contributed by atoms with Gasteiger partial charge in [-0.15, -0.1) is 0 Å². The summed E-state index contributed by atoms with van der Waals surface area (Å²) < 4.78 is 0. The highest BCUT2D eigenvalue weighted by atomic mass is 35.5. The largest absolute Gasteiger partial charge is 0.385 e. The van der Waals surface area contributed by atoms with Crippen LogP contribution in [0.1, 0.15) is 18.4 Å². The predicted octanol–water partition coefficient (Wildman–Crippen LogP) is 2.16. The van der Waals surface area contributed by atoms with Crippen LogP contribution in [0.4, 0.5) is 0 Å². The number of halogens is 1. The Hall–Kier alpha value is -0.570. The number of hydrogen-bond donors (Lipinski definition) is 2. The van der Waals surface area contributed by atoms with Crippen molar-refractivity contribution in [2.24, 2.45) is 11.8 Å². The third-order valence-electron chi connectivity index (χ3n) is 4.05. The van der Waals surface area contributed by atoms with Crippen molar-refractivity contribution in [1.29, 1.82) is 0 Å². The van der Waals surface area contributed by atoms with Crippen LogP contribution in [0.15, 0.2) is 24.3 Å². The van der Waals surface area contributed by atoms with Crippen LogP contribution in [0.25, 0.3) is 0 Å². The van der Waals surface area contributed by atoms with Gasteiger partial charge in [-0.25, -0.2) is 0 Å². The Balaban J connectivity index is 1.93. The molecule has 86 valence electrons. The maximum absolute atomic E-state index is 10.7. The minimum absolute atomic E-state index is 0.612. The fourth-order valence-corrected chi connectivity index (χ4v) is 3.59. The Labute approximate surface area is 101 Å². The molecule has 1 aromatic carbocycles. The normalized spacial score (nSPS) is 37.6. The molecule has 1 saturated heterocycles. The first-order valence-electron chi connectivity index (χ1n) is 5.87. The maximum Gasteiger partial charge on any atom is 0.0917 e. The Morgan fingerprint density at radius 1 is 1.19 bits per heavy atom.